The summed E-state index contributed by atoms with van der Waals surface area (Å²) in [5, 5.41) is 0. The van der Waals surface area contributed by atoms with E-state index in [2.05, 4.69) is 9.97 Å². The average Bonchev–Trinajstić information content (AvgIpc) is 3.08. The van der Waals surface area contributed by atoms with Gasteiger partial charge in [-0.15, -0.1) is 0 Å². The van der Waals surface area contributed by atoms with Crippen molar-refractivity contribution >= 4 is 12.2 Å². The molecule has 1 aromatic rings. The lowest BCUT2D eigenvalue weighted by molar-refractivity contribution is 0.0397. The number of ether oxygens (including phenoxy) is 1. The van der Waals surface area contributed by atoms with E-state index in [-0.39, 0.29) is 6.10 Å². The van der Waals surface area contributed by atoms with Gasteiger partial charge in [-0.3, -0.25) is 0 Å². The summed E-state index contributed by atoms with van der Waals surface area (Å²) in [5.41, 5.74) is 1.28. The summed E-state index contributed by atoms with van der Waals surface area (Å²) in [6.07, 6.45) is 7.84. The number of rotatable bonds is 5. The summed E-state index contributed by atoms with van der Waals surface area (Å²) in [7, 11) is 0. The van der Waals surface area contributed by atoms with Gasteiger partial charge in [0.25, 0.3) is 0 Å². The number of aromatic amines is 1. The van der Waals surface area contributed by atoms with E-state index in [1.165, 1.54) is 44.2 Å². The standard InChI is InChI=1S/C15H22N2OS/c1-2-18-14(11-7-8-11)15-16-12(9-13(19)17-15)10-5-3-4-6-10/h9-11,14H,2-8H2,1H3,(H,16,17,19). The second kappa shape index (κ2) is 5.71. The summed E-state index contributed by atoms with van der Waals surface area (Å²) in [5.74, 6) is 2.24. The van der Waals surface area contributed by atoms with Crippen LogP contribution in [0.5, 0.6) is 0 Å². The van der Waals surface area contributed by atoms with Crippen LogP contribution in [-0.4, -0.2) is 16.6 Å². The molecule has 1 aromatic heterocycles. The first-order valence-corrected chi connectivity index (χ1v) is 7.91. The smallest absolute Gasteiger partial charge is 0.137 e. The van der Waals surface area contributed by atoms with Gasteiger partial charge in [0.15, 0.2) is 0 Å². The molecule has 2 fully saturated rings. The molecule has 0 spiro atoms. The van der Waals surface area contributed by atoms with Gasteiger partial charge in [0.05, 0.1) is 0 Å². The molecule has 1 atom stereocenters. The van der Waals surface area contributed by atoms with Crippen molar-refractivity contribution in [3.05, 3.63) is 22.2 Å². The summed E-state index contributed by atoms with van der Waals surface area (Å²) in [4.78, 5) is 8.05. The predicted octanol–water partition coefficient (Wildman–Crippen LogP) is 4.28. The van der Waals surface area contributed by atoms with Crippen LogP contribution in [0.15, 0.2) is 6.07 Å². The van der Waals surface area contributed by atoms with Gasteiger partial charge in [0.1, 0.15) is 16.6 Å². The third kappa shape index (κ3) is 3.06. The van der Waals surface area contributed by atoms with Gasteiger partial charge < -0.3 is 9.72 Å². The number of aromatic nitrogens is 2. The Morgan fingerprint density at radius 2 is 2.11 bits per heavy atom. The molecule has 2 aliphatic rings. The largest absolute Gasteiger partial charge is 0.370 e. The topological polar surface area (TPSA) is 37.9 Å². The van der Waals surface area contributed by atoms with Gasteiger partial charge in [-0.1, -0.05) is 25.1 Å². The number of hydrogen-bond acceptors (Lipinski definition) is 3. The van der Waals surface area contributed by atoms with Crippen molar-refractivity contribution in [2.24, 2.45) is 5.92 Å². The van der Waals surface area contributed by atoms with Gasteiger partial charge in [-0.05, 0) is 50.5 Å². The Morgan fingerprint density at radius 1 is 1.37 bits per heavy atom. The van der Waals surface area contributed by atoms with Crippen LogP contribution in [-0.2, 0) is 4.74 Å². The van der Waals surface area contributed by atoms with E-state index < -0.39 is 0 Å². The van der Waals surface area contributed by atoms with Crippen LogP contribution >= 0.6 is 12.2 Å². The zero-order chi connectivity index (χ0) is 13.2. The molecule has 1 N–H and O–H groups in total. The molecule has 0 aromatic carbocycles. The molecule has 1 unspecified atom stereocenters. The van der Waals surface area contributed by atoms with Crippen LogP contribution in [0.4, 0.5) is 0 Å². The molecule has 3 rings (SSSR count). The fourth-order valence-electron chi connectivity index (χ4n) is 3.10. The highest BCUT2D eigenvalue weighted by atomic mass is 32.1. The first kappa shape index (κ1) is 13.3. The molecule has 1 heterocycles. The maximum atomic E-state index is 5.88. The predicted molar refractivity (Wildman–Crippen MR) is 77.7 cm³/mol. The lowest BCUT2D eigenvalue weighted by Gasteiger charge is -2.18. The van der Waals surface area contributed by atoms with Crippen molar-refractivity contribution in [2.75, 3.05) is 6.61 Å². The van der Waals surface area contributed by atoms with Gasteiger partial charge in [0.2, 0.25) is 0 Å². The van der Waals surface area contributed by atoms with E-state index in [9.17, 15) is 0 Å². The number of nitrogens with one attached hydrogen (secondary N) is 1. The highest BCUT2D eigenvalue weighted by molar-refractivity contribution is 7.71. The maximum absolute atomic E-state index is 5.88. The Hall–Kier alpha value is -0.740. The van der Waals surface area contributed by atoms with E-state index in [0.29, 0.717) is 16.5 Å². The second-order valence-electron chi connectivity index (χ2n) is 5.75. The number of H-pyrrole nitrogens is 1. The van der Waals surface area contributed by atoms with Crippen LogP contribution < -0.4 is 0 Å². The minimum Gasteiger partial charge on any atom is -0.370 e. The van der Waals surface area contributed by atoms with E-state index in [0.717, 1.165) is 12.4 Å². The quantitative estimate of drug-likeness (QED) is 0.817. The highest BCUT2D eigenvalue weighted by Crippen LogP contribution is 2.42. The average molecular weight is 278 g/mol. The van der Waals surface area contributed by atoms with Gasteiger partial charge in [-0.25, -0.2) is 4.98 Å². The zero-order valence-corrected chi connectivity index (χ0v) is 12.3. The van der Waals surface area contributed by atoms with Crippen molar-refractivity contribution in [3.8, 4) is 0 Å². The van der Waals surface area contributed by atoms with Crippen molar-refractivity contribution in [3.63, 3.8) is 0 Å². The molecule has 0 aliphatic heterocycles. The Balaban J connectivity index is 1.89. The van der Waals surface area contributed by atoms with Crippen molar-refractivity contribution < 1.29 is 4.74 Å². The zero-order valence-electron chi connectivity index (χ0n) is 11.5. The third-order valence-electron chi connectivity index (χ3n) is 4.24. The summed E-state index contributed by atoms with van der Waals surface area (Å²) < 4.78 is 6.59. The van der Waals surface area contributed by atoms with E-state index in [4.69, 9.17) is 17.0 Å². The Kier molecular flexibility index (Phi) is 3.99. The van der Waals surface area contributed by atoms with E-state index in [1.807, 2.05) is 13.0 Å². The first-order chi connectivity index (χ1) is 9.28. The second-order valence-corrected chi connectivity index (χ2v) is 6.17. The van der Waals surface area contributed by atoms with E-state index >= 15 is 0 Å². The molecule has 0 amide bonds. The van der Waals surface area contributed by atoms with Crippen LogP contribution in [0.2, 0.25) is 0 Å². The van der Waals surface area contributed by atoms with Crippen molar-refractivity contribution in [1.82, 2.24) is 9.97 Å². The molecule has 3 nitrogen and oxygen atoms in total. The summed E-state index contributed by atoms with van der Waals surface area (Å²) in [6.45, 7) is 2.78. The van der Waals surface area contributed by atoms with Gasteiger partial charge in [0, 0.05) is 12.3 Å². The molecule has 0 bridgehead atoms. The molecule has 104 valence electrons. The molecule has 2 saturated carbocycles. The Labute approximate surface area is 119 Å². The van der Waals surface area contributed by atoms with Crippen molar-refractivity contribution in [2.45, 2.75) is 57.5 Å². The lowest BCUT2D eigenvalue weighted by Crippen LogP contribution is -2.13. The van der Waals surface area contributed by atoms with Crippen LogP contribution in [0.3, 0.4) is 0 Å². The fraction of sp³-hybridized carbons (Fsp3) is 0.733. The van der Waals surface area contributed by atoms with Gasteiger partial charge >= 0.3 is 0 Å². The fourth-order valence-corrected chi connectivity index (χ4v) is 3.33. The molecule has 4 heteroatoms. The molecule has 0 saturated heterocycles. The summed E-state index contributed by atoms with van der Waals surface area (Å²) >= 11 is 5.35. The van der Waals surface area contributed by atoms with Gasteiger partial charge in [-0.2, -0.15) is 0 Å². The highest BCUT2D eigenvalue weighted by Gasteiger charge is 2.35. The molecular weight excluding hydrogens is 256 g/mol. The first-order valence-electron chi connectivity index (χ1n) is 7.50. The monoisotopic (exact) mass is 278 g/mol. The Morgan fingerprint density at radius 3 is 2.74 bits per heavy atom. The summed E-state index contributed by atoms with van der Waals surface area (Å²) in [6, 6.07) is 2.05. The molecule has 2 aliphatic carbocycles. The molecule has 19 heavy (non-hydrogen) atoms. The minimum atomic E-state index is 0.119. The normalized spacial score (nSPS) is 21.7. The van der Waals surface area contributed by atoms with Crippen LogP contribution in [0, 0.1) is 10.6 Å². The SMILES string of the molecule is CCOC(c1nc(=S)cc(C2CCCC2)[nH]1)C1CC1. The van der Waals surface area contributed by atoms with E-state index in [1.54, 1.807) is 0 Å². The minimum absolute atomic E-state index is 0.119. The van der Waals surface area contributed by atoms with Crippen LogP contribution in [0.25, 0.3) is 0 Å². The Bertz CT molecular complexity index is 489. The molecule has 0 radical (unpaired) electrons. The number of nitrogens with zero attached hydrogens (tertiary/aromatic N) is 1. The third-order valence-corrected chi connectivity index (χ3v) is 4.45. The lowest BCUT2D eigenvalue weighted by atomic mass is 10.0. The maximum Gasteiger partial charge on any atom is 0.137 e. The van der Waals surface area contributed by atoms with Crippen LogP contribution in [0.1, 0.15) is 69.0 Å². The number of hydrogen-bond donors (Lipinski definition) is 1. The molecular formula is C15H22N2OS. The van der Waals surface area contributed by atoms with Crippen molar-refractivity contribution in [1.29, 1.82) is 0 Å².